The van der Waals surface area contributed by atoms with Gasteiger partial charge in [-0.3, -0.25) is 0 Å². The molecule has 0 N–H and O–H groups in total. The van der Waals surface area contributed by atoms with Crippen molar-refractivity contribution in [3.8, 4) is 22.4 Å². The van der Waals surface area contributed by atoms with Crippen LogP contribution in [0.1, 0.15) is 58.6 Å². The van der Waals surface area contributed by atoms with E-state index in [1.807, 2.05) is 13.8 Å². The van der Waals surface area contributed by atoms with Crippen molar-refractivity contribution in [1.82, 2.24) is 0 Å². The Morgan fingerprint density at radius 3 is 2.19 bits per heavy atom. The average molecular weight is 410 g/mol. The highest BCUT2D eigenvalue weighted by Crippen LogP contribution is 2.34. The third-order valence-corrected chi connectivity index (χ3v) is 6.25. The first-order valence-electron chi connectivity index (χ1n) is 11.6. The number of fused-ring (bicyclic) bond motifs is 1. The van der Waals surface area contributed by atoms with Gasteiger partial charge in [-0.15, -0.1) is 0 Å². The summed E-state index contributed by atoms with van der Waals surface area (Å²) < 4.78 is 11.0. The van der Waals surface area contributed by atoms with Crippen LogP contribution in [0.25, 0.3) is 33.2 Å². The van der Waals surface area contributed by atoms with Gasteiger partial charge in [0.15, 0.2) is 6.20 Å². The normalized spacial score (nSPS) is 12.8. The first-order valence-corrected chi connectivity index (χ1v) is 11.1. The van der Waals surface area contributed by atoms with E-state index >= 15 is 0 Å². The molecule has 1 heterocycles. The van der Waals surface area contributed by atoms with E-state index in [4.69, 9.17) is 1.37 Å². The summed E-state index contributed by atoms with van der Waals surface area (Å²) in [5.74, 6) is -0.706. The summed E-state index contributed by atoms with van der Waals surface area (Å²) in [5, 5.41) is 2.49. The van der Waals surface area contributed by atoms with Gasteiger partial charge in [0.1, 0.15) is 7.05 Å². The van der Waals surface area contributed by atoms with Gasteiger partial charge in [-0.1, -0.05) is 83.1 Å². The monoisotopic (exact) mass is 409 g/mol. The summed E-state index contributed by atoms with van der Waals surface area (Å²) in [5.41, 5.74) is 8.43. The van der Waals surface area contributed by atoms with Gasteiger partial charge >= 0.3 is 0 Å². The van der Waals surface area contributed by atoms with Gasteiger partial charge in [-0.2, -0.15) is 0 Å². The first kappa shape index (κ1) is 20.0. The van der Waals surface area contributed by atoms with E-state index in [1.165, 1.54) is 27.5 Å². The summed E-state index contributed by atoms with van der Waals surface area (Å²) in [6, 6.07) is 24.2. The Bertz CT molecular complexity index is 1300. The molecule has 1 aromatic heterocycles. The van der Waals surface area contributed by atoms with Crippen LogP contribution in [0.2, 0.25) is 0 Å². The summed E-state index contributed by atoms with van der Waals surface area (Å²) in [6.07, 6.45) is 2.14. The van der Waals surface area contributed by atoms with Crippen LogP contribution >= 0.6 is 0 Å². The van der Waals surface area contributed by atoms with Crippen LogP contribution in [-0.2, 0) is 12.5 Å². The number of benzene rings is 3. The molecule has 0 aliphatic heterocycles. The van der Waals surface area contributed by atoms with Crippen molar-refractivity contribution >= 4 is 10.8 Å². The summed E-state index contributed by atoms with van der Waals surface area (Å²) in [4.78, 5) is 0. The van der Waals surface area contributed by atoms with Gasteiger partial charge in [0, 0.05) is 18.6 Å². The largest absolute Gasteiger partial charge is 0.213 e. The standard InChI is InChI=1S/C30H34N/c1-20(2)28-19-31(7)29(26-11-9-8-10-21(26)3)18-27(28)24-13-12-23-17-25(30(4,5)6)15-14-22(23)16-24/h8-20H,1-7H3/q+1/i20D. The van der Waals surface area contributed by atoms with Crippen LogP contribution in [-0.4, -0.2) is 0 Å². The van der Waals surface area contributed by atoms with Crippen LogP contribution in [0, 0.1) is 6.92 Å². The molecular formula is C30H34N+. The number of hydrogen-bond donors (Lipinski definition) is 0. The maximum Gasteiger partial charge on any atom is 0.213 e. The Morgan fingerprint density at radius 1 is 0.839 bits per heavy atom. The Labute approximate surface area is 188 Å². The van der Waals surface area contributed by atoms with Gasteiger partial charge in [-0.25, -0.2) is 4.57 Å². The molecule has 158 valence electrons. The van der Waals surface area contributed by atoms with Crippen LogP contribution in [0.15, 0.2) is 72.9 Å². The molecule has 0 saturated carbocycles. The number of pyridine rings is 1. The van der Waals surface area contributed by atoms with E-state index in [0.29, 0.717) is 0 Å². The van der Waals surface area contributed by atoms with Crippen molar-refractivity contribution in [3.05, 3.63) is 89.6 Å². The van der Waals surface area contributed by atoms with Crippen LogP contribution < -0.4 is 4.57 Å². The molecule has 0 bridgehead atoms. The molecule has 0 fully saturated rings. The third kappa shape index (κ3) is 4.14. The predicted octanol–water partition coefficient (Wildman–Crippen LogP) is 7.73. The minimum Gasteiger partial charge on any atom is -0.201 e. The van der Waals surface area contributed by atoms with E-state index in [1.54, 1.807) is 0 Å². The molecule has 0 amide bonds. The molecule has 0 aliphatic rings. The van der Waals surface area contributed by atoms with Crippen molar-refractivity contribution in [1.29, 1.82) is 0 Å². The molecule has 31 heavy (non-hydrogen) atoms. The molecule has 0 aliphatic carbocycles. The number of aromatic nitrogens is 1. The van der Waals surface area contributed by atoms with Gasteiger partial charge in [-0.05, 0) is 63.4 Å². The molecular weight excluding hydrogens is 374 g/mol. The third-order valence-electron chi connectivity index (χ3n) is 6.25. The molecule has 0 saturated heterocycles. The molecule has 0 radical (unpaired) electrons. The highest BCUT2D eigenvalue weighted by atomic mass is 14.9. The summed E-state index contributed by atoms with van der Waals surface area (Å²) in [6.45, 7) is 12.8. The van der Waals surface area contributed by atoms with Gasteiger partial charge in [0.25, 0.3) is 0 Å². The first-order chi connectivity index (χ1) is 14.9. The second-order valence-corrected chi connectivity index (χ2v) is 9.94. The highest BCUT2D eigenvalue weighted by Gasteiger charge is 2.20. The van der Waals surface area contributed by atoms with Gasteiger partial charge in [0.2, 0.25) is 5.69 Å². The van der Waals surface area contributed by atoms with Crippen molar-refractivity contribution in [2.24, 2.45) is 7.05 Å². The van der Waals surface area contributed by atoms with E-state index in [2.05, 4.69) is 112 Å². The fraction of sp³-hybridized carbons (Fsp3) is 0.300. The topological polar surface area (TPSA) is 3.88 Å². The van der Waals surface area contributed by atoms with Crippen molar-refractivity contribution in [2.75, 3.05) is 0 Å². The van der Waals surface area contributed by atoms with Crippen LogP contribution in [0.5, 0.6) is 0 Å². The molecule has 4 aromatic rings. The number of aryl methyl sites for hydroxylation is 2. The molecule has 1 nitrogen and oxygen atoms in total. The average Bonchev–Trinajstić information content (AvgIpc) is 2.72. The summed E-state index contributed by atoms with van der Waals surface area (Å²) >= 11 is 0. The second-order valence-electron chi connectivity index (χ2n) is 9.94. The van der Waals surface area contributed by atoms with Crippen molar-refractivity contribution in [2.45, 2.75) is 52.9 Å². The fourth-order valence-electron chi connectivity index (χ4n) is 4.29. The van der Waals surface area contributed by atoms with Gasteiger partial charge in [0.05, 0.1) is 0 Å². The Kier molecular flexibility index (Phi) is 5.14. The van der Waals surface area contributed by atoms with Crippen molar-refractivity contribution < 1.29 is 5.94 Å². The lowest BCUT2D eigenvalue weighted by Gasteiger charge is -2.20. The Morgan fingerprint density at radius 2 is 1.52 bits per heavy atom. The summed E-state index contributed by atoms with van der Waals surface area (Å²) in [7, 11) is 2.08. The predicted molar refractivity (Wildman–Crippen MR) is 134 cm³/mol. The van der Waals surface area contributed by atoms with Gasteiger partial charge < -0.3 is 0 Å². The minimum absolute atomic E-state index is 0.131. The van der Waals surface area contributed by atoms with Crippen LogP contribution in [0.3, 0.4) is 0 Å². The number of rotatable bonds is 3. The molecule has 4 rings (SSSR count). The van der Waals surface area contributed by atoms with E-state index in [0.717, 1.165) is 22.4 Å². The number of nitrogens with zero attached hydrogens (tertiary/aromatic N) is 1. The smallest absolute Gasteiger partial charge is 0.201 e. The highest BCUT2D eigenvalue weighted by molar-refractivity contribution is 5.89. The lowest BCUT2D eigenvalue weighted by Crippen LogP contribution is -2.32. The van der Waals surface area contributed by atoms with Crippen LogP contribution in [0.4, 0.5) is 0 Å². The second kappa shape index (κ2) is 7.96. The molecule has 0 atom stereocenters. The fourth-order valence-corrected chi connectivity index (χ4v) is 4.29. The molecule has 1 heteroatoms. The Hall–Kier alpha value is -2.93. The quantitative estimate of drug-likeness (QED) is 0.305. The number of hydrogen-bond acceptors (Lipinski definition) is 0. The molecule has 3 aromatic carbocycles. The maximum absolute atomic E-state index is 8.82. The van der Waals surface area contributed by atoms with E-state index in [-0.39, 0.29) is 5.41 Å². The zero-order valence-corrected chi connectivity index (χ0v) is 19.9. The van der Waals surface area contributed by atoms with E-state index in [9.17, 15) is 0 Å². The maximum atomic E-state index is 8.82. The Balaban J connectivity index is 1.94. The SMILES string of the molecule is [2H]C(C)(C)c1c[n+](C)c(-c2ccccc2C)cc1-c1ccc2cc(C(C)(C)C)ccc2c1. The lowest BCUT2D eigenvalue weighted by molar-refractivity contribution is -0.660. The zero-order chi connectivity index (χ0) is 23.3. The zero-order valence-electron chi connectivity index (χ0n) is 20.9. The minimum atomic E-state index is -0.706. The lowest BCUT2D eigenvalue weighted by atomic mass is 9.85. The van der Waals surface area contributed by atoms with E-state index < -0.39 is 5.89 Å². The van der Waals surface area contributed by atoms with Crippen molar-refractivity contribution in [3.63, 3.8) is 0 Å². The molecule has 0 unspecified atom stereocenters. The molecule has 0 spiro atoms.